The molecular weight excluding hydrogens is 364 g/mol. The second kappa shape index (κ2) is 9.31. The second-order valence-electron chi connectivity index (χ2n) is 7.98. The standard InChI is InChI=1S/C24H30N2O3/c1-28-22-11-9-19(10-12-22)6-5-17-29-24(27)26(21-7-3-2-4-8-21)23-18-25-15-13-20(23)14-16-25/h2-4,7-12,20,23H,5-6,13-18H2,1H3. The summed E-state index contributed by atoms with van der Waals surface area (Å²) in [5.41, 5.74) is 2.16. The molecule has 1 atom stereocenters. The third-order valence-electron chi connectivity index (χ3n) is 6.18. The molecule has 0 spiro atoms. The van der Waals surface area contributed by atoms with Crippen LogP contribution in [0.3, 0.4) is 0 Å². The third kappa shape index (κ3) is 4.73. The Bertz CT molecular complexity index is 786. The van der Waals surface area contributed by atoms with Gasteiger partial charge >= 0.3 is 6.09 Å². The minimum atomic E-state index is -0.218. The fraction of sp³-hybridized carbons (Fsp3) is 0.458. The van der Waals surface area contributed by atoms with Gasteiger partial charge in [0.05, 0.1) is 19.8 Å². The van der Waals surface area contributed by atoms with Gasteiger partial charge in [-0.2, -0.15) is 0 Å². The number of nitrogens with zero attached hydrogens (tertiary/aromatic N) is 2. The molecular formula is C24H30N2O3. The van der Waals surface area contributed by atoms with Gasteiger partial charge in [0.1, 0.15) is 5.75 Å². The van der Waals surface area contributed by atoms with Crippen molar-refractivity contribution in [2.24, 2.45) is 5.92 Å². The molecule has 0 radical (unpaired) electrons. The zero-order valence-electron chi connectivity index (χ0n) is 17.1. The van der Waals surface area contributed by atoms with Gasteiger partial charge in [-0.05, 0) is 74.5 Å². The molecule has 3 fully saturated rings. The Morgan fingerprint density at radius 2 is 1.79 bits per heavy atom. The van der Waals surface area contributed by atoms with Gasteiger partial charge in [0.2, 0.25) is 0 Å². The lowest BCUT2D eigenvalue weighted by atomic mass is 9.83. The molecule has 0 aromatic heterocycles. The van der Waals surface area contributed by atoms with Crippen LogP contribution in [0.15, 0.2) is 54.6 Å². The molecule has 5 nitrogen and oxygen atoms in total. The summed E-state index contributed by atoms with van der Waals surface area (Å²) < 4.78 is 10.9. The first kappa shape index (κ1) is 19.8. The minimum absolute atomic E-state index is 0.203. The van der Waals surface area contributed by atoms with Crippen molar-refractivity contribution in [3.63, 3.8) is 0 Å². The summed E-state index contributed by atoms with van der Waals surface area (Å²) in [6.07, 6.45) is 3.80. The zero-order chi connectivity index (χ0) is 20.1. The Kier molecular flexibility index (Phi) is 6.35. The van der Waals surface area contributed by atoms with E-state index in [0.29, 0.717) is 12.5 Å². The van der Waals surface area contributed by atoms with E-state index < -0.39 is 0 Å². The fourth-order valence-electron chi connectivity index (χ4n) is 4.54. The molecule has 5 heteroatoms. The van der Waals surface area contributed by atoms with E-state index in [1.165, 1.54) is 18.4 Å². The quantitative estimate of drug-likeness (QED) is 0.654. The normalized spacial score (nSPS) is 22.9. The number of carbonyl (C=O) groups is 1. The van der Waals surface area contributed by atoms with E-state index in [0.717, 1.165) is 43.9 Å². The summed E-state index contributed by atoms with van der Waals surface area (Å²) in [7, 11) is 1.67. The Morgan fingerprint density at radius 3 is 2.41 bits per heavy atom. The number of ether oxygens (including phenoxy) is 2. The van der Waals surface area contributed by atoms with Crippen molar-refractivity contribution in [2.75, 3.05) is 38.3 Å². The number of para-hydroxylation sites is 1. The van der Waals surface area contributed by atoms with Crippen LogP contribution in [0.25, 0.3) is 0 Å². The Labute approximate surface area is 173 Å². The Hall–Kier alpha value is -2.53. The molecule has 3 saturated heterocycles. The maximum Gasteiger partial charge on any atom is 0.414 e. The highest BCUT2D eigenvalue weighted by atomic mass is 16.6. The molecule has 3 heterocycles. The molecule has 0 N–H and O–H groups in total. The van der Waals surface area contributed by atoms with Gasteiger partial charge in [0.25, 0.3) is 0 Å². The highest BCUT2D eigenvalue weighted by Crippen LogP contribution is 2.33. The lowest BCUT2D eigenvalue weighted by molar-refractivity contribution is 0.0788. The van der Waals surface area contributed by atoms with E-state index in [9.17, 15) is 4.79 Å². The number of fused-ring (bicyclic) bond motifs is 3. The van der Waals surface area contributed by atoms with Crippen molar-refractivity contribution in [1.82, 2.24) is 4.90 Å². The van der Waals surface area contributed by atoms with Gasteiger partial charge in [-0.25, -0.2) is 4.79 Å². The number of carbonyl (C=O) groups excluding carboxylic acids is 1. The largest absolute Gasteiger partial charge is 0.497 e. The first-order chi connectivity index (χ1) is 14.2. The number of methoxy groups -OCH3 is 1. The van der Waals surface area contributed by atoms with E-state index in [1.54, 1.807) is 7.11 Å². The molecule has 3 aliphatic rings. The maximum absolute atomic E-state index is 13.1. The summed E-state index contributed by atoms with van der Waals surface area (Å²) in [5.74, 6) is 1.42. The highest BCUT2D eigenvalue weighted by molar-refractivity contribution is 5.88. The van der Waals surface area contributed by atoms with Gasteiger partial charge in [0, 0.05) is 12.2 Å². The number of aryl methyl sites for hydroxylation is 1. The van der Waals surface area contributed by atoms with Crippen molar-refractivity contribution in [1.29, 1.82) is 0 Å². The van der Waals surface area contributed by atoms with Gasteiger partial charge in [-0.1, -0.05) is 30.3 Å². The van der Waals surface area contributed by atoms with E-state index in [4.69, 9.17) is 9.47 Å². The zero-order valence-corrected chi connectivity index (χ0v) is 17.1. The molecule has 29 heavy (non-hydrogen) atoms. The van der Waals surface area contributed by atoms with E-state index in [-0.39, 0.29) is 12.1 Å². The lowest BCUT2D eigenvalue weighted by Crippen LogP contribution is -2.59. The predicted molar refractivity (Wildman–Crippen MR) is 115 cm³/mol. The minimum Gasteiger partial charge on any atom is -0.497 e. The van der Waals surface area contributed by atoms with Crippen molar-refractivity contribution >= 4 is 11.8 Å². The molecule has 0 aliphatic carbocycles. The number of anilines is 1. The third-order valence-corrected chi connectivity index (χ3v) is 6.18. The first-order valence-electron chi connectivity index (χ1n) is 10.6. The Balaban J connectivity index is 1.36. The van der Waals surface area contributed by atoms with E-state index in [1.807, 2.05) is 47.4 Å². The van der Waals surface area contributed by atoms with Crippen molar-refractivity contribution < 1.29 is 14.3 Å². The molecule has 1 unspecified atom stereocenters. The SMILES string of the molecule is COc1ccc(CCCOC(=O)N(c2ccccc2)C2CN3CCC2CC3)cc1. The molecule has 0 saturated carbocycles. The summed E-state index contributed by atoms with van der Waals surface area (Å²) >= 11 is 0. The number of hydrogen-bond acceptors (Lipinski definition) is 4. The molecule has 2 bridgehead atoms. The molecule has 2 aromatic carbocycles. The lowest BCUT2D eigenvalue weighted by Gasteiger charge is -2.48. The van der Waals surface area contributed by atoms with Gasteiger partial charge in [-0.3, -0.25) is 4.90 Å². The van der Waals surface area contributed by atoms with Crippen molar-refractivity contribution in [2.45, 2.75) is 31.7 Å². The van der Waals surface area contributed by atoms with Crippen LogP contribution in [0.5, 0.6) is 5.75 Å². The maximum atomic E-state index is 13.1. The number of amides is 1. The molecule has 154 valence electrons. The molecule has 5 rings (SSSR count). The van der Waals surface area contributed by atoms with E-state index >= 15 is 0 Å². The number of benzene rings is 2. The number of piperidine rings is 3. The monoisotopic (exact) mass is 394 g/mol. The number of rotatable bonds is 7. The van der Waals surface area contributed by atoms with Crippen LogP contribution in [0.1, 0.15) is 24.8 Å². The summed E-state index contributed by atoms with van der Waals surface area (Å²) in [5, 5.41) is 0. The predicted octanol–water partition coefficient (Wildman–Crippen LogP) is 4.37. The van der Waals surface area contributed by atoms with Crippen LogP contribution < -0.4 is 9.64 Å². The summed E-state index contributed by atoms with van der Waals surface area (Å²) in [6.45, 7) is 3.68. The summed E-state index contributed by atoms with van der Waals surface area (Å²) in [6, 6.07) is 18.2. The fourth-order valence-corrected chi connectivity index (χ4v) is 4.54. The van der Waals surface area contributed by atoms with Crippen LogP contribution >= 0.6 is 0 Å². The van der Waals surface area contributed by atoms with Crippen molar-refractivity contribution in [3.8, 4) is 5.75 Å². The molecule has 1 amide bonds. The Morgan fingerprint density at radius 1 is 1.07 bits per heavy atom. The van der Waals surface area contributed by atoms with Crippen LogP contribution in [0, 0.1) is 5.92 Å². The number of hydrogen-bond donors (Lipinski definition) is 0. The van der Waals surface area contributed by atoms with Gasteiger partial charge < -0.3 is 14.4 Å². The van der Waals surface area contributed by atoms with Gasteiger partial charge in [0.15, 0.2) is 0 Å². The average Bonchev–Trinajstić information content (AvgIpc) is 2.79. The van der Waals surface area contributed by atoms with Gasteiger partial charge in [-0.15, -0.1) is 0 Å². The highest BCUT2D eigenvalue weighted by Gasteiger charge is 2.40. The van der Waals surface area contributed by atoms with Crippen LogP contribution in [-0.2, 0) is 11.2 Å². The topological polar surface area (TPSA) is 42.0 Å². The van der Waals surface area contributed by atoms with Crippen LogP contribution in [-0.4, -0.2) is 50.4 Å². The molecule has 2 aromatic rings. The van der Waals surface area contributed by atoms with Crippen LogP contribution in [0.4, 0.5) is 10.5 Å². The molecule has 3 aliphatic heterocycles. The smallest absolute Gasteiger partial charge is 0.414 e. The average molecular weight is 395 g/mol. The van der Waals surface area contributed by atoms with Crippen LogP contribution in [0.2, 0.25) is 0 Å². The summed E-state index contributed by atoms with van der Waals surface area (Å²) in [4.78, 5) is 17.5. The first-order valence-corrected chi connectivity index (χ1v) is 10.6. The van der Waals surface area contributed by atoms with E-state index in [2.05, 4.69) is 17.0 Å². The van der Waals surface area contributed by atoms with Crippen molar-refractivity contribution in [3.05, 3.63) is 60.2 Å². The second-order valence-corrected chi connectivity index (χ2v) is 7.98.